The lowest BCUT2D eigenvalue weighted by Gasteiger charge is -2.06. The van der Waals surface area contributed by atoms with E-state index in [-0.39, 0.29) is 12.1 Å². The smallest absolute Gasteiger partial charge is 0.306 e. The van der Waals surface area contributed by atoms with Gasteiger partial charge in [0.2, 0.25) is 0 Å². The first-order chi connectivity index (χ1) is 13.5. The fourth-order valence-corrected chi connectivity index (χ4v) is 2.21. The van der Waals surface area contributed by atoms with Crippen LogP contribution in [0.2, 0.25) is 0 Å². The molecule has 0 fully saturated rings. The molecule has 0 aliphatic heterocycles. The molecular formula is C26H56O2. The van der Waals surface area contributed by atoms with Gasteiger partial charge in [-0.3, -0.25) is 4.79 Å². The molecule has 0 unspecified atom stereocenters. The molecule has 172 valence electrons. The summed E-state index contributed by atoms with van der Waals surface area (Å²) in [6.07, 6.45) is 20.5. The van der Waals surface area contributed by atoms with Crippen molar-refractivity contribution in [1.29, 1.82) is 0 Å². The Labute approximate surface area is 179 Å². The molecule has 0 saturated carbocycles. The van der Waals surface area contributed by atoms with E-state index in [0.717, 1.165) is 12.8 Å². The first kappa shape index (κ1) is 34.7. The molecule has 0 saturated heterocycles. The summed E-state index contributed by atoms with van der Waals surface area (Å²) in [6.45, 7) is 18.7. The highest BCUT2D eigenvalue weighted by molar-refractivity contribution is 5.69. The Morgan fingerprint density at radius 1 is 0.750 bits per heavy atom. The Balaban J connectivity index is -0.000000156. The average Bonchev–Trinajstić information content (AvgIpc) is 2.69. The Hall–Kier alpha value is -0.790. The standard InChI is InChI=1S/C10H18O2.C8H18.C6H14.C2H6/c1-4-5-6-7-8-10(11)12-9(2)3;1-3-5-7-8-6-4-2;1-3-5-6-4-2;1-2/h4-5,9H,6-8H2,1-3H3;3-8H2,1-2H3;3-6H2,1-2H3;1-2H3/b5-4-;;;. The highest BCUT2D eigenvalue weighted by atomic mass is 16.5. The SMILES string of the molecule is C/C=C\CCCC(=O)OC(C)C.CC.CCCCCC.CCCCCCCC. The number of carbonyl (C=O) groups is 1. The molecule has 0 aliphatic rings. The molecule has 0 radical (unpaired) electrons. The van der Waals surface area contributed by atoms with Crippen LogP contribution in [0, 0.1) is 0 Å². The predicted octanol–water partition coefficient (Wildman–Crippen LogP) is 9.66. The number of rotatable bonds is 13. The molecule has 0 N–H and O–H groups in total. The fourth-order valence-electron chi connectivity index (χ4n) is 2.21. The van der Waals surface area contributed by atoms with Crippen LogP contribution in [0.1, 0.15) is 146 Å². The highest BCUT2D eigenvalue weighted by Gasteiger charge is 2.03. The maximum atomic E-state index is 11.0. The first-order valence-corrected chi connectivity index (χ1v) is 12.3. The maximum absolute atomic E-state index is 11.0. The average molecular weight is 401 g/mol. The minimum Gasteiger partial charge on any atom is -0.463 e. The number of unbranched alkanes of at least 4 members (excludes halogenated alkanes) is 9. The predicted molar refractivity (Wildman–Crippen MR) is 130 cm³/mol. The van der Waals surface area contributed by atoms with E-state index in [2.05, 4.69) is 33.8 Å². The molecule has 0 rings (SSSR count). The molecule has 0 spiro atoms. The number of hydrogen-bond donors (Lipinski definition) is 0. The fraction of sp³-hybridized carbons (Fsp3) is 0.885. The highest BCUT2D eigenvalue weighted by Crippen LogP contribution is 2.03. The molecule has 0 amide bonds. The van der Waals surface area contributed by atoms with Crippen molar-refractivity contribution in [3.05, 3.63) is 12.2 Å². The summed E-state index contributed by atoms with van der Waals surface area (Å²) < 4.78 is 4.97. The molecule has 0 aromatic heterocycles. The van der Waals surface area contributed by atoms with Crippen LogP contribution in [0.15, 0.2) is 12.2 Å². The van der Waals surface area contributed by atoms with Gasteiger partial charge >= 0.3 is 5.97 Å². The molecule has 0 aliphatic carbocycles. The van der Waals surface area contributed by atoms with E-state index in [0.29, 0.717) is 6.42 Å². The monoisotopic (exact) mass is 400 g/mol. The van der Waals surface area contributed by atoms with Gasteiger partial charge in [-0.1, -0.05) is 118 Å². The van der Waals surface area contributed by atoms with Crippen LogP contribution >= 0.6 is 0 Å². The van der Waals surface area contributed by atoms with Crippen LogP contribution in [-0.4, -0.2) is 12.1 Å². The third kappa shape index (κ3) is 49.9. The van der Waals surface area contributed by atoms with E-state index >= 15 is 0 Å². The van der Waals surface area contributed by atoms with E-state index in [4.69, 9.17) is 4.74 Å². The van der Waals surface area contributed by atoms with Crippen LogP contribution in [0.4, 0.5) is 0 Å². The molecule has 2 heteroatoms. The summed E-state index contributed by atoms with van der Waals surface area (Å²) in [5.74, 6) is -0.0884. The van der Waals surface area contributed by atoms with Crippen LogP contribution in [-0.2, 0) is 9.53 Å². The second-order valence-electron chi connectivity index (χ2n) is 7.12. The van der Waals surface area contributed by atoms with Crippen molar-refractivity contribution >= 4 is 5.97 Å². The lowest BCUT2D eigenvalue weighted by Crippen LogP contribution is -2.10. The molecule has 28 heavy (non-hydrogen) atoms. The second-order valence-corrected chi connectivity index (χ2v) is 7.12. The Kier molecular flexibility index (Phi) is 45.9. The van der Waals surface area contributed by atoms with Gasteiger partial charge in [-0.15, -0.1) is 0 Å². The second kappa shape index (κ2) is 37.0. The lowest BCUT2D eigenvalue weighted by atomic mass is 10.1. The van der Waals surface area contributed by atoms with Crippen molar-refractivity contribution < 1.29 is 9.53 Å². The van der Waals surface area contributed by atoms with E-state index in [1.54, 1.807) is 0 Å². The Morgan fingerprint density at radius 2 is 1.14 bits per heavy atom. The number of hydrogen-bond acceptors (Lipinski definition) is 2. The lowest BCUT2D eigenvalue weighted by molar-refractivity contribution is -0.147. The Morgan fingerprint density at radius 3 is 1.46 bits per heavy atom. The summed E-state index contributed by atoms with van der Waals surface area (Å²) in [7, 11) is 0. The summed E-state index contributed by atoms with van der Waals surface area (Å²) in [5.41, 5.74) is 0. The third-order valence-corrected chi connectivity index (χ3v) is 3.77. The van der Waals surface area contributed by atoms with E-state index in [9.17, 15) is 4.79 Å². The topological polar surface area (TPSA) is 26.3 Å². The van der Waals surface area contributed by atoms with Gasteiger partial charge in [-0.05, 0) is 33.6 Å². The van der Waals surface area contributed by atoms with Crippen LogP contribution in [0.5, 0.6) is 0 Å². The van der Waals surface area contributed by atoms with Gasteiger partial charge in [0.15, 0.2) is 0 Å². The zero-order valence-corrected chi connectivity index (χ0v) is 21.2. The van der Waals surface area contributed by atoms with Gasteiger partial charge in [0.25, 0.3) is 0 Å². The van der Waals surface area contributed by atoms with Crippen molar-refractivity contribution in [3.63, 3.8) is 0 Å². The van der Waals surface area contributed by atoms with E-state index in [1.165, 1.54) is 64.2 Å². The van der Waals surface area contributed by atoms with Crippen LogP contribution in [0.25, 0.3) is 0 Å². The third-order valence-electron chi connectivity index (χ3n) is 3.77. The van der Waals surface area contributed by atoms with Crippen molar-refractivity contribution in [1.82, 2.24) is 0 Å². The van der Waals surface area contributed by atoms with Crippen LogP contribution in [0.3, 0.4) is 0 Å². The molecule has 0 aromatic carbocycles. The molecular weight excluding hydrogens is 344 g/mol. The summed E-state index contributed by atoms with van der Waals surface area (Å²) in [4.78, 5) is 11.0. The van der Waals surface area contributed by atoms with Gasteiger partial charge < -0.3 is 4.74 Å². The largest absolute Gasteiger partial charge is 0.463 e. The van der Waals surface area contributed by atoms with Crippen LogP contribution < -0.4 is 0 Å². The number of esters is 1. The van der Waals surface area contributed by atoms with Gasteiger partial charge in [-0.25, -0.2) is 0 Å². The first-order valence-electron chi connectivity index (χ1n) is 12.3. The summed E-state index contributed by atoms with van der Waals surface area (Å²) in [6, 6.07) is 0. The quantitative estimate of drug-likeness (QED) is 0.175. The van der Waals surface area contributed by atoms with Gasteiger partial charge in [0.1, 0.15) is 0 Å². The van der Waals surface area contributed by atoms with Crippen molar-refractivity contribution in [2.24, 2.45) is 0 Å². The molecule has 0 atom stereocenters. The Bertz CT molecular complexity index is 260. The summed E-state index contributed by atoms with van der Waals surface area (Å²) in [5, 5.41) is 0. The van der Waals surface area contributed by atoms with Crippen molar-refractivity contribution in [3.8, 4) is 0 Å². The molecule has 0 bridgehead atoms. The minimum atomic E-state index is -0.0884. The minimum absolute atomic E-state index is 0.0132. The van der Waals surface area contributed by atoms with Gasteiger partial charge in [0.05, 0.1) is 6.10 Å². The van der Waals surface area contributed by atoms with E-state index < -0.39 is 0 Å². The number of ether oxygens (including phenoxy) is 1. The maximum Gasteiger partial charge on any atom is 0.306 e. The molecule has 2 nitrogen and oxygen atoms in total. The normalized spacial score (nSPS) is 9.64. The van der Waals surface area contributed by atoms with Gasteiger partial charge in [-0.2, -0.15) is 0 Å². The van der Waals surface area contributed by atoms with E-state index in [1.807, 2.05) is 40.7 Å². The molecule has 0 heterocycles. The number of allylic oxidation sites excluding steroid dienone is 2. The zero-order valence-electron chi connectivity index (χ0n) is 21.2. The molecule has 0 aromatic rings. The van der Waals surface area contributed by atoms with Gasteiger partial charge in [0, 0.05) is 6.42 Å². The van der Waals surface area contributed by atoms with Crippen molar-refractivity contribution in [2.45, 2.75) is 152 Å². The number of carbonyl (C=O) groups excluding carboxylic acids is 1. The van der Waals surface area contributed by atoms with Crippen molar-refractivity contribution in [2.75, 3.05) is 0 Å². The summed E-state index contributed by atoms with van der Waals surface area (Å²) >= 11 is 0. The zero-order chi connectivity index (χ0) is 22.5.